The SMILES string of the molecule is NOCC1CSc2ccccc21. The predicted molar refractivity (Wildman–Crippen MR) is 50.0 cm³/mol. The third-order valence-electron chi connectivity index (χ3n) is 2.10. The maximum Gasteiger partial charge on any atom is 0.0756 e. The molecule has 1 aromatic carbocycles. The van der Waals surface area contributed by atoms with E-state index in [-0.39, 0.29) is 0 Å². The van der Waals surface area contributed by atoms with Crippen molar-refractivity contribution in [3.05, 3.63) is 29.8 Å². The second-order valence-corrected chi connectivity index (χ2v) is 3.94. The Morgan fingerprint density at radius 3 is 3.17 bits per heavy atom. The largest absolute Gasteiger partial charge is 0.304 e. The molecule has 0 fully saturated rings. The lowest BCUT2D eigenvalue weighted by atomic mass is 10.0. The summed E-state index contributed by atoms with van der Waals surface area (Å²) in [5, 5.41) is 0. The van der Waals surface area contributed by atoms with Crippen LogP contribution in [0.3, 0.4) is 0 Å². The highest BCUT2D eigenvalue weighted by Gasteiger charge is 2.22. The van der Waals surface area contributed by atoms with Gasteiger partial charge in [0.1, 0.15) is 0 Å². The molecule has 0 amide bonds. The van der Waals surface area contributed by atoms with E-state index in [1.54, 1.807) is 0 Å². The average molecular weight is 181 g/mol. The van der Waals surface area contributed by atoms with Gasteiger partial charge in [0.2, 0.25) is 0 Å². The van der Waals surface area contributed by atoms with Crippen molar-refractivity contribution in [2.45, 2.75) is 10.8 Å². The van der Waals surface area contributed by atoms with E-state index in [9.17, 15) is 0 Å². The van der Waals surface area contributed by atoms with Crippen LogP contribution in [0.2, 0.25) is 0 Å². The molecule has 0 spiro atoms. The average Bonchev–Trinajstić information content (AvgIpc) is 2.50. The Morgan fingerprint density at radius 1 is 1.50 bits per heavy atom. The standard InChI is InChI=1S/C9H11NOS/c10-11-5-7-6-12-9-4-2-1-3-8(7)9/h1-4,7H,5-6,10H2. The molecular weight excluding hydrogens is 170 g/mol. The molecule has 1 aliphatic rings. The molecule has 1 aromatic rings. The Kier molecular flexibility index (Phi) is 2.35. The Morgan fingerprint density at radius 2 is 2.33 bits per heavy atom. The summed E-state index contributed by atoms with van der Waals surface area (Å²) in [5.41, 5.74) is 1.38. The number of thioether (sulfide) groups is 1. The van der Waals surface area contributed by atoms with E-state index < -0.39 is 0 Å². The summed E-state index contributed by atoms with van der Waals surface area (Å²) >= 11 is 1.88. The number of hydrogen-bond donors (Lipinski definition) is 1. The fourth-order valence-corrected chi connectivity index (χ4v) is 2.72. The fourth-order valence-electron chi connectivity index (χ4n) is 1.48. The number of hydrogen-bond acceptors (Lipinski definition) is 3. The molecule has 0 aromatic heterocycles. The van der Waals surface area contributed by atoms with Crippen LogP contribution in [0.15, 0.2) is 29.2 Å². The molecule has 0 bridgehead atoms. The second-order valence-electron chi connectivity index (χ2n) is 2.88. The Balaban J connectivity index is 2.24. The van der Waals surface area contributed by atoms with Crippen molar-refractivity contribution < 1.29 is 4.84 Å². The summed E-state index contributed by atoms with van der Waals surface area (Å²) < 4.78 is 0. The minimum Gasteiger partial charge on any atom is -0.304 e. The number of nitrogens with two attached hydrogens (primary N) is 1. The first-order chi connectivity index (χ1) is 5.92. The van der Waals surface area contributed by atoms with Gasteiger partial charge < -0.3 is 4.84 Å². The summed E-state index contributed by atoms with van der Waals surface area (Å²) in [7, 11) is 0. The van der Waals surface area contributed by atoms with E-state index in [2.05, 4.69) is 29.1 Å². The summed E-state index contributed by atoms with van der Waals surface area (Å²) in [6, 6.07) is 8.43. The third kappa shape index (κ3) is 1.35. The lowest BCUT2D eigenvalue weighted by Crippen LogP contribution is -2.10. The summed E-state index contributed by atoms with van der Waals surface area (Å²) in [6.07, 6.45) is 0. The molecule has 0 radical (unpaired) electrons. The topological polar surface area (TPSA) is 35.2 Å². The molecule has 2 nitrogen and oxygen atoms in total. The highest BCUT2D eigenvalue weighted by molar-refractivity contribution is 7.99. The van der Waals surface area contributed by atoms with Crippen LogP contribution >= 0.6 is 11.8 Å². The molecule has 1 unspecified atom stereocenters. The molecule has 0 aliphatic carbocycles. The quantitative estimate of drug-likeness (QED) is 0.706. The van der Waals surface area contributed by atoms with Gasteiger partial charge >= 0.3 is 0 Å². The van der Waals surface area contributed by atoms with Crippen LogP contribution in [-0.4, -0.2) is 12.4 Å². The van der Waals surface area contributed by atoms with E-state index >= 15 is 0 Å². The van der Waals surface area contributed by atoms with Crippen LogP contribution < -0.4 is 5.90 Å². The molecule has 1 aliphatic heterocycles. The molecule has 12 heavy (non-hydrogen) atoms. The third-order valence-corrected chi connectivity index (χ3v) is 3.35. The van der Waals surface area contributed by atoms with E-state index in [0.29, 0.717) is 12.5 Å². The van der Waals surface area contributed by atoms with Crippen molar-refractivity contribution >= 4 is 11.8 Å². The Hall–Kier alpha value is -0.510. The summed E-state index contributed by atoms with van der Waals surface area (Å²) in [6.45, 7) is 0.629. The van der Waals surface area contributed by atoms with Crippen LogP contribution in [0.1, 0.15) is 11.5 Å². The number of benzene rings is 1. The van der Waals surface area contributed by atoms with Gasteiger partial charge in [-0.3, -0.25) is 0 Å². The van der Waals surface area contributed by atoms with E-state index in [4.69, 9.17) is 5.90 Å². The fraction of sp³-hybridized carbons (Fsp3) is 0.333. The Labute approximate surface area is 76.1 Å². The van der Waals surface area contributed by atoms with Crippen molar-refractivity contribution in [3.63, 3.8) is 0 Å². The van der Waals surface area contributed by atoms with Gasteiger partial charge in [-0.2, -0.15) is 0 Å². The van der Waals surface area contributed by atoms with Gasteiger partial charge in [0.15, 0.2) is 0 Å². The molecule has 64 valence electrons. The lowest BCUT2D eigenvalue weighted by molar-refractivity contribution is 0.128. The minimum atomic E-state index is 0.483. The van der Waals surface area contributed by atoms with Gasteiger partial charge in [-0.05, 0) is 11.6 Å². The van der Waals surface area contributed by atoms with E-state index in [1.807, 2.05) is 11.8 Å². The molecule has 2 rings (SSSR count). The van der Waals surface area contributed by atoms with Crippen molar-refractivity contribution in [2.24, 2.45) is 5.90 Å². The first-order valence-electron chi connectivity index (χ1n) is 3.95. The zero-order chi connectivity index (χ0) is 8.39. The number of fused-ring (bicyclic) bond motifs is 1. The highest BCUT2D eigenvalue weighted by atomic mass is 32.2. The van der Waals surface area contributed by atoms with Gasteiger partial charge in [0.25, 0.3) is 0 Å². The zero-order valence-corrected chi connectivity index (χ0v) is 7.51. The predicted octanol–water partition coefficient (Wildman–Crippen LogP) is 1.77. The molecule has 0 saturated heterocycles. The van der Waals surface area contributed by atoms with Crippen LogP contribution in [0.4, 0.5) is 0 Å². The monoisotopic (exact) mass is 181 g/mol. The molecule has 3 heteroatoms. The van der Waals surface area contributed by atoms with Gasteiger partial charge in [0, 0.05) is 16.6 Å². The van der Waals surface area contributed by atoms with Gasteiger partial charge in [-0.25, -0.2) is 5.90 Å². The van der Waals surface area contributed by atoms with Crippen LogP contribution in [0, 0.1) is 0 Å². The second kappa shape index (κ2) is 3.47. The number of rotatable bonds is 2. The smallest absolute Gasteiger partial charge is 0.0756 e. The maximum absolute atomic E-state index is 5.06. The maximum atomic E-state index is 5.06. The van der Waals surface area contributed by atoms with Crippen LogP contribution in [0.25, 0.3) is 0 Å². The summed E-state index contributed by atoms with van der Waals surface area (Å²) in [4.78, 5) is 6.04. The molecule has 2 N–H and O–H groups in total. The zero-order valence-electron chi connectivity index (χ0n) is 6.69. The molecule has 0 saturated carbocycles. The van der Waals surface area contributed by atoms with Crippen molar-refractivity contribution in [2.75, 3.05) is 12.4 Å². The summed E-state index contributed by atoms with van der Waals surface area (Å²) in [5.74, 6) is 6.63. The molecular formula is C9H11NOS. The van der Waals surface area contributed by atoms with Crippen molar-refractivity contribution in [1.29, 1.82) is 0 Å². The first-order valence-corrected chi connectivity index (χ1v) is 4.94. The molecule has 1 heterocycles. The highest BCUT2D eigenvalue weighted by Crippen LogP contribution is 2.38. The molecule has 1 atom stereocenters. The van der Waals surface area contributed by atoms with Crippen LogP contribution in [0.5, 0.6) is 0 Å². The normalized spacial score (nSPS) is 20.9. The van der Waals surface area contributed by atoms with Crippen LogP contribution in [-0.2, 0) is 4.84 Å². The first kappa shape index (κ1) is 8.10. The van der Waals surface area contributed by atoms with Crippen molar-refractivity contribution in [3.8, 4) is 0 Å². The minimum absolute atomic E-state index is 0.483. The van der Waals surface area contributed by atoms with Crippen molar-refractivity contribution in [1.82, 2.24) is 0 Å². The van der Waals surface area contributed by atoms with E-state index in [1.165, 1.54) is 10.5 Å². The van der Waals surface area contributed by atoms with Gasteiger partial charge in [-0.1, -0.05) is 18.2 Å². The van der Waals surface area contributed by atoms with Gasteiger partial charge in [0.05, 0.1) is 6.61 Å². The lowest BCUT2D eigenvalue weighted by Gasteiger charge is -2.07. The van der Waals surface area contributed by atoms with E-state index in [0.717, 1.165) is 5.75 Å². The van der Waals surface area contributed by atoms with Gasteiger partial charge in [-0.15, -0.1) is 11.8 Å². The Bertz CT molecular complexity index is 275.